The zero-order valence-corrected chi connectivity index (χ0v) is 15.9. The number of aromatic amines is 1. The fourth-order valence-corrected chi connectivity index (χ4v) is 3.52. The minimum Gasteiger partial charge on any atom is -0.496 e. The number of nitrogens with one attached hydrogen (secondary N) is 1. The van der Waals surface area contributed by atoms with Crippen LogP contribution in [0.2, 0.25) is 0 Å². The molecule has 1 aromatic heterocycles. The molecule has 1 heterocycles. The van der Waals surface area contributed by atoms with Gasteiger partial charge in [-0.1, -0.05) is 78.9 Å². The van der Waals surface area contributed by atoms with Crippen molar-refractivity contribution in [2.45, 2.75) is 6.04 Å². The Morgan fingerprint density at radius 2 is 1.31 bits per heavy atom. The summed E-state index contributed by atoms with van der Waals surface area (Å²) in [6.45, 7) is 0. The molecule has 5 heteroatoms. The topological polar surface area (TPSA) is 64.1 Å². The summed E-state index contributed by atoms with van der Waals surface area (Å²) < 4.78 is 6.98. The molecule has 0 aliphatic heterocycles. The van der Waals surface area contributed by atoms with Gasteiger partial charge in [-0.05, 0) is 17.2 Å². The first-order valence-corrected chi connectivity index (χ1v) is 9.28. The Morgan fingerprint density at radius 3 is 1.90 bits per heavy atom. The summed E-state index contributed by atoms with van der Waals surface area (Å²) in [4.78, 5) is 27.9. The van der Waals surface area contributed by atoms with E-state index in [1.807, 2.05) is 72.8 Å². The van der Waals surface area contributed by atoms with Gasteiger partial charge in [0.1, 0.15) is 5.75 Å². The number of para-hydroxylation sites is 1. The maximum absolute atomic E-state index is 12.8. The van der Waals surface area contributed by atoms with Crippen LogP contribution >= 0.6 is 0 Å². The lowest BCUT2D eigenvalue weighted by atomic mass is 9.98. The van der Waals surface area contributed by atoms with Crippen LogP contribution < -0.4 is 16.0 Å². The van der Waals surface area contributed by atoms with Gasteiger partial charge in [0.2, 0.25) is 0 Å². The Balaban J connectivity index is 1.97. The SMILES string of the molecule is COc1ccccc1-c1cn(C(c2ccccc2)c2ccccc2)c(=O)[nH]c1=O. The molecule has 0 aliphatic carbocycles. The highest BCUT2D eigenvalue weighted by molar-refractivity contribution is 5.69. The maximum Gasteiger partial charge on any atom is 0.329 e. The molecule has 0 fully saturated rings. The summed E-state index contributed by atoms with van der Waals surface area (Å²) in [5.41, 5.74) is 1.98. The average molecular weight is 384 g/mol. The molecule has 144 valence electrons. The number of benzene rings is 3. The first-order valence-electron chi connectivity index (χ1n) is 9.28. The van der Waals surface area contributed by atoms with Crippen molar-refractivity contribution < 1.29 is 4.74 Å². The second-order valence-corrected chi connectivity index (χ2v) is 6.63. The van der Waals surface area contributed by atoms with Crippen LogP contribution in [0.4, 0.5) is 0 Å². The fourth-order valence-electron chi connectivity index (χ4n) is 3.52. The maximum atomic E-state index is 12.8. The second-order valence-electron chi connectivity index (χ2n) is 6.63. The van der Waals surface area contributed by atoms with E-state index in [1.165, 1.54) is 0 Å². The number of H-pyrrole nitrogens is 1. The molecule has 0 bridgehead atoms. The normalized spacial score (nSPS) is 10.8. The first-order chi connectivity index (χ1) is 14.2. The average Bonchev–Trinajstić information content (AvgIpc) is 2.77. The molecule has 5 nitrogen and oxygen atoms in total. The molecule has 0 amide bonds. The van der Waals surface area contributed by atoms with Gasteiger partial charge < -0.3 is 4.74 Å². The summed E-state index contributed by atoms with van der Waals surface area (Å²) in [5.74, 6) is 0.569. The molecule has 29 heavy (non-hydrogen) atoms. The van der Waals surface area contributed by atoms with Gasteiger partial charge in [0.15, 0.2) is 0 Å². The number of rotatable bonds is 5. The Morgan fingerprint density at radius 1 is 0.759 bits per heavy atom. The Bertz CT molecular complexity index is 1190. The predicted octanol–water partition coefficient (Wildman–Crippen LogP) is 3.85. The van der Waals surface area contributed by atoms with E-state index in [4.69, 9.17) is 4.74 Å². The molecule has 4 rings (SSSR count). The molecule has 0 saturated heterocycles. The van der Waals surface area contributed by atoms with E-state index in [9.17, 15) is 9.59 Å². The van der Waals surface area contributed by atoms with Crippen molar-refractivity contribution in [3.05, 3.63) is 123 Å². The van der Waals surface area contributed by atoms with Gasteiger partial charge in [0.25, 0.3) is 5.56 Å². The van der Waals surface area contributed by atoms with Crippen LogP contribution in [0.5, 0.6) is 5.75 Å². The van der Waals surface area contributed by atoms with Crippen LogP contribution in [0.15, 0.2) is 101 Å². The summed E-state index contributed by atoms with van der Waals surface area (Å²) in [6.07, 6.45) is 1.61. The minimum atomic E-state index is -0.466. The molecular formula is C24H20N2O3. The van der Waals surface area contributed by atoms with Gasteiger partial charge in [0, 0.05) is 11.8 Å². The summed E-state index contributed by atoms with van der Waals surface area (Å²) in [6, 6.07) is 26.4. The molecule has 0 saturated carbocycles. The van der Waals surface area contributed by atoms with E-state index in [0.717, 1.165) is 11.1 Å². The van der Waals surface area contributed by atoms with Crippen molar-refractivity contribution in [3.63, 3.8) is 0 Å². The zero-order valence-electron chi connectivity index (χ0n) is 15.9. The number of methoxy groups -OCH3 is 1. The first kappa shape index (κ1) is 18.5. The smallest absolute Gasteiger partial charge is 0.329 e. The second kappa shape index (κ2) is 8.02. The molecule has 3 aromatic carbocycles. The van der Waals surface area contributed by atoms with Crippen molar-refractivity contribution >= 4 is 0 Å². The van der Waals surface area contributed by atoms with E-state index in [-0.39, 0.29) is 6.04 Å². The summed E-state index contributed by atoms with van der Waals surface area (Å²) >= 11 is 0. The fraction of sp³-hybridized carbons (Fsp3) is 0.0833. The van der Waals surface area contributed by atoms with Gasteiger partial charge in [-0.25, -0.2) is 4.79 Å². The van der Waals surface area contributed by atoms with Crippen LogP contribution in [0.25, 0.3) is 11.1 Å². The quantitative estimate of drug-likeness (QED) is 0.568. The van der Waals surface area contributed by atoms with Gasteiger partial charge in [-0.3, -0.25) is 14.3 Å². The standard InChI is InChI=1S/C24H20N2O3/c1-29-21-15-9-8-14-19(21)20-16-26(24(28)25-23(20)27)22(17-10-4-2-5-11-17)18-12-6-3-7-13-18/h2-16,22H,1H3,(H,25,27,28). The van der Waals surface area contributed by atoms with Crippen molar-refractivity contribution in [2.24, 2.45) is 0 Å². The largest absolute Gasteiger partial charge is 0.496 e. The number of ether oxygens (including phenoxy) is 1. The molecule has 1 N–H and O–H groups in total. The number of aromatic nitrogens is 2. The molecule has 0 aliphatic rings. The predicted molar refractivity (Wildman–Crippen MR) is 113 cm³/mol. The highest BCUT2D eigenvalue weighted by Crippen LogP contribution is 2.29. The molecule has 0 atom stereocenters. The van der Waals surface area contributed by atoms with E-state index in [2.05, 4.69) is 4.98 Å². The summed E-state index contributed by atoms with van der Waals surface area (Å²) in [5, 5.41) is 0. The Labute approximate surface area is 167 Å². The monoisotopic (exact) mass is 384 g/mol. The van der Waals surface area contributed by atoms with Gasteiger partial charge in [-0.2, -0.15) is 0 Å². The minimum absolute atomic E-state index is 0.374. The Hall–Kier alpha value is -3.86. The van der Waals surface area contributed by atoms with Crippen LogP contribution in [0, 0.1) is 0 Å². The highest BCUT2D eigenvalue weighted by atomic mass is 16.5. The lowest BCUT2D eigenvalue weighted by Crippen LogP contribution is -2.33. The van der Waals surface area contributed by atoms with Crippen molar-refractivity contribution in [2.75, 3.05) is 7.11 Å². The number of nitrogens with zero attached hydrogens (tertiary/aromatic N) is 1. The molecular weight excluding hydrogens is 364 g/mol. The third kappa shape index (κ3) is 3.62. The van der Waals surface area contributed by atoms with Crippen LogP contribution in [0.3, 0.4) is 0 Å². The van der Waals surface area contributed by atoms with Crippen molar-refractivity contribution in [1.82, 2.24) is 9.55 Å². The van der Waals surface area contributed by atoms with E-state index >= 15 is 0 Å². The van der Waals surface area contributed by atoms with Crippen LogP contribution in [-0.4, -0.2) is 16.7 Å². The molecule has 0 radical (unpaired) electrons. The molecule has 4 aromatic rings. The van der Waals surface area contributed by atoms with E-state index in [1.54, 1.807) is 30.0 Å². The summed E-state index contributed by atoms with van der Waals surface area (Å²) in [7, 11) is 1.56. The van der Waals surface area contributed by atoms with Gasteiger partial charge in [0.05, 0.1) is 18.7 Å². The van der Waals surface area contributed by atoms with Gasteiger partial charge >= 0.3 is 5.69 Å². The van der Waals surface area contributed by atoms with Crippen LogP contribution in [0.1, 0.15) is 17.2 Å². The molecule has 0 spiro atoms. The van der Waals surface area contributed by atoms with E-state index in [0.29, 0.717) is 16.9 Å². The highest BCUT2D eigenvalue weighted by Gasteiger charge is 2.20. The number of hydrogen-bond donors (Lipinski definition) is 1. The van der Waals surface area contributed by atoms with Crippen molar-refractivity contribution in [1.29, 1.82) is 0 Å². The lowest BCUT2D eigenvalue weighted by molar-refractivity contribution is 0.416. The lowest BCUT2D eigenvalue weighted by Gasteiger charge is -2.21. The van der Waals surface area contributed by atoms with Crippen LogP contribution in [-0.2, 0) is 0 Å². The Kier molecular flexibility index (Phi) is 5.12. The third-order valence-corrected chi connectivity index (χ3v) is 4.87. The zero-order chi connectivity index (χ0) is 20.2. The number of hydrogen-bond acceptors (Lipinski definition) is 3. The van der Waals surface area contributed by atoms with Gasteiger partial charge in [-0.15, -0.1) is 0 Å². The van der Waals surface area contributed by atoms with Crippen molar-refractivity contribution in [3.8, 4) is 16.9 Å². The molecule has 0 unspecified atom stereocenters. The third-order valence-electron chi connectivity index (χ3n) is 4.87. The van der Waals surface area contributed by atoms with E-state index < -0.39 is 11.2 Å².